The summed E-state index contributed by atoms with van der Waals surface area (Å²) < 4.78 is 0. The monoisotopic (exact) mass is 279 g/mol. The summed E-state index contributed by atoms with van der Waals surface area (Å²) in [7, 11) is 0. The number of aliphatic carboxylic acids is 1. The Balaban J connectivity index is 2.20. The zero-order valence-electron chi connectivity index (χ0n) is 12.1. The molecule has 0 radical (unpaired) electrons. The van der Waals surface area contributed by atoms with Gasteiger partial charge < -0.3 is 10.4 Å². The van der Waals surface area contributed by atoms with Gasteiger partial charge in [0.25, 0.3) is 5.91 Å². The van der Waals surface area contributed by atoms with Gasteiger partial charge in [0.1, 0.15) is 0 Å². The summed E-state index contributed by atoms with van der Waals surface area (Å²) in [5.41, 5.74) is 0.961. The molecule has 0 aromatic carbocycles. The topological polar surface area (TPSA) is 95.1 Å². The van der Waals surface area contributed by atoms with Crippen molar-refractivity contribution in [2.24, 2.45) is 5.41 Å². The normalized spacial score (nSPS) is 26.2. The molecular formula is C14H21N3O3. The van der Waals surface area contributed by atoms with Crippen LogP contribution in [0, 0.1) is 19.3 Å². The molecule has 1 aromatic rings. The lowest BCUT2D eigenvalue weighted by atomic mass is 9.71. The van der Waals surface area contributed by atoms with E-state index in [-0.39, 0.29) is 11.9 Å². The van der Waals surface area contributed by atoms with Crippen LogP contribution >= 0.6 is 0 Å². The first-order valence-electron chi connectivity index (χ1n) is 6.92. The van der Waals surface area contributed by atoms with Crippen LogP contribution in [-0.4, -0.2) is 33.2 Å². The minimum Gasteiger partial charge on any atom is -0.481 e. The van der Waals surface area contributed by atoms with Gasteiger partial charge in [-0.3, -0.25) is 14.7 Å². The third kappa shape index (κ3) is 2.42. The van der Waals surface area contributed by atoms with Crippen LogP contribution in [0.3, 0.4) is 0 Å². The third-order valence-electron chi connectivity index (χ3n) is 4.36. The van der Waals surface area contributed by atoms with E-state index >= 15 is 0 Å². The predicted octanol–water partition coefficient (Wildman–Crippen LogP) is 1.79. The minimum absolute atomic E-state index is 0.242. The van der Waals surface area contributed by atoms with Crippen LogP contribution in [0.15, 0.2) is 0 Å². The first kappa shape index (κ1) is 14.6. The molecule has 6 heteroatoms. The van der Waals surface area contributed by atoms with Gasteiger partial charge in [-0.2, -0.15) is 5.10 Å². The molecule has 20 heavy (non-hydrogen) atoms. The van der Waals surface area contributed by atoms with Gasteiger partial charge >= 0.3 is 5.97 Å². The van der Waals surface area contributed by atoms with Crippen molar-refractivity contribution in [3.05, 3.63) is 17.0 Å². The second-order valence-corrected chi connectivity index (χ2v) is 5.80. The number of aryl methyl sites for hydroxylation is 2. The van der Waals surface area contributed by atoms with Gasteiger partial charge in [0.2, 0.25) is 0 Å². The Morgan fingerprint density at radius 3 is 2.65 bits per heavy atom. The smallest absolute Gasteiger partial charge is 0.311 e. The van der Waals surface area contributed by atoms with E-state index in [1.54, 1.807) is 20.8 Å². The maximum atomic E-state index is 12.4. The molecule has 0 saturated heterocycles. The van der Waals surface area contributed by atoms with Crippen molar-refractivity contribution in [3.63, 3.8) is 0 Å². The van der Waals surface area contributed by atoms with E-state index in [1.807, 2.05) is 0 Å². The number of nitrogens with one attached hydrogen (secondary N) is 2. The summed E-state index contributed by atoms with van der Waals surface area (Å²) in [4.78, 5) is 23.9. The number of carboxylic acids is 1. The van der Waals surface area contributed by atoms with E-state index in [0.717, 1.165) is 12.8 Å². The van der Waals surface area contributed by atoms with Crippen molar-refractivity contribution in [3.8, 4) is 0 Å². The van der Waals surface area contributed by atoms with E-state index < -0.39 is 11.4 Å². The van der Waals surface area contributed by atoms with E-state index in [4.69, 9.17) is 0 Å². The number of carbonyl (C=O) groups excluding carboxylic acids is 1. The van der Waals surface area contributed by atoms with Gasteiger partial charge in [-0.15, -0.1) is 0 Å². The van der Waals surface area contributed by atoms with Crippen LogP contribution in [0.1, 0.15) is 54.4 Å². The van der Waals surface area contributed by atoms with Crippen molar-refractivity contribution < 1.29 is 14.7 Å². The highest BCUT2D eigenvalue weighted by molar-refractivity contribution is 5.96. The van der Waals surface area contributed by atoms with Gasteiger partial charge in [-0.05, 0) is 33.6 Å². The lowest BCUT2D eigenvalue weighted by molar-refractivity contribution is -0.151. The number of aromatic nitrogens is 2. The minimum atomic E-state index is -0.889. The molecule has 1 amide bonds. The quantitative estimate of drug-likeness (QED) is 0.786. The van der Waals surface area contributed by atoms with Crippen LogP contribution in [0.4, 0.5) is 0 Å². The number of aromatic amines is 1. The summed E-state index contributed by atoms with van der Waals surface area (Å²) in [6.07, 6.45) is 3.12. The number of carboxylic acid groups (broad SMARTS) is 1. The lowest BCUT2D eigenvalue weighted by Gasteiger charge is -2.38. The van der Waals surface area contributed by atoms with E-state index in [1.165, 1.54) is 0 Å². The molecule has 1 heterocycles. The fraction of sp³-hybridized carbons (Fsp3) is 0.643. The van der Waals surface area contributed by atoms with E-state index in [9.17, 15) is 14.7 Å². The number of carbonyl (C=O) groups is 2. The van der Waals surface area contributed by atoms with Crippen LogP contribution in [0.5, 0.6) is 0 Å². The molecule has 2 unspecified atom stereocenters. The molecule has 1 saturated carbocycles. The predicted molar refractivity (Wildman–Crippen MR) is 73.5 cm³/mol. The number of hydrogen-bond donors (Lipinski definition) is 3. The highest BCUT2D eigenvalue weighted by Gasteiger charge is 2.44. The Bertz CT molecular complexity index is 518. The third-order valence-corrected chi connectivity index (χ3v) is 4.36. The lowest BCUT2D eigenvalue weighted by Crippen LogP contribution is -2.52. The molecule has 1 aromatic heterocycles. The van der Waals surface area contributed by atoms with Gasteiger partial charge in [0, 0.05) is 11.7 Å². The fourth-order valence-corrected chi connectivity index (χ4v) is 2.94. The Labute approximate surface area is 118 Å². The van der Waals surface area contributed by atoms with Crippen molar-refractivity contribution in [2.75, 3.05) is 0 Å². The number of hydrogen-bond acceptors (Lipinski definition) is 3. The Morgan fingerprint density at radius 2 is 2.10 bits per heavy atom. The first-order valence-corrected chi connectivity index (χ1v) is 6.92. The number of rotatable bonds is 3. The molecule has 1 aliphatic rings. The van der Waals surface area contributed by atoms with E-state index in [2.05, 4.69) is 15.5 Å². The Kier molecular flexibility index (Phi) is 3.83. The number of amides is 1. The van der Waals surface area contributed by atoms with Crippen molar-refractivity contribution in [1.82, 2.24) is 15.5 Å². The van der Waals surface area contributed by atoms with E-state index in [0.29, 0.717) is 29.8 Å². The van der Waals surface area contributed by atoms with Crippen LogP contribution in [0.25, 0.3) is 0 Å². The molecule has 0 aliphatic heterocycles. The SMILES string of the molecule is Cc1n[nH]c(C)c1C(=O)NC1CCCCC1(C)C(=O)O. The van der Waals surface area contributed by atoms with Crippen molar-refractivity contribution in [1.29, 1.82) is 0 Å². The highest BCUT2D eigenvalue weighted by atomic mass is 16.4. The molecule has 2 atom stereocenters. The van der Waals surface area contributed by atoms with Crippen LogP contribution < -0.4 is 5.32 Å². The molecule has 1 fully saturated rings. The fourth-order valence-electron chi connectivity index (χ4n) is 2.94. The second-order valence-electron chi connectivity index (χ2n) is 5.80. The average Bonchev–Trinajstić information content (AvgIpc) is 2.71. The number of H-pyrrole nitrogens is 1. The first-order chi connectivity index (χ1) is 9.36. The zero-order valence-corrected chi connectivity index (χ0v) is 12.1. The Hall–Kier alpha value is -1.85. The van der Waals surface area contributed by atoms with Gasteiger partial charge in [-0.1, -0.05) is 12.8 Å². The molecule has 6 nitrogen and oxygen atoms in total. The van der Waals surface area contributed by atoms with Gasteiger partial charge in [-0.25, -0.2) is 0 Å². The highest BCUT2D eigenvalue weighted by Crippen LogP contribution is 2.36. The van der Waals surface area contributed by atoms with Crippen molar-refractivity contribution in [2.45, 2.75) is 52.5 Å². The summed E-state index contributed by atoms with van der Waals surface area (Å²) in [5.74, 6) is -1.09. The molecule has 0 spiro atoms. The van der Waals surface area contributed by atoms with Gasteiger partial charge in [0.15, 0.2) is 0 Å². The molecule has 110 valence electrons. The summed E-state index contributed by atoms with van der Waals surface area (Å²) in [6.45, 7) is 5.26. The zero-order chi connectivity index (χ0) is 14.9. The molecule has 1 aliphatic carbocycles. The molecular weight excluding hydrogens is 258 g/mol. The molecule has 3 N–H and O–H groups in total. The molecule has 2 rings (SSSR count). The standard InChI is InChI=1S/C14H21N3O3/c1-8-11(9(2)17-16-8)12(18)15-10-6-4-5-7-14(10,3)13(19)20/h10H,4-7H2,1-3H3,(H,15,18)(H,16,17)(H,19,20). The average molecular weight is 279 g/mol. The van der Waals surface area contributed by atoms with Crippen LogP contribution in [-0.2, 0) is 4.79 Å². The maximum Gasteiger partial charge on any atom is 0.311 e. The Morgan fingerprint density at radius 1 is 1.40 bits per heavy atom. The largest absolute Gasteiger partial charge is 0.481 e. The summed E-state index contributed by atoms with van der Waals surface area (Å²) in [6, 6.07) is -0.338. The van der Waals surface area contributed by atoms with Crippen molar-refractivity contribution >= 4 is 11.9 Å². The summed E-state index contributed by atoms with van der Waals surface area (Å²) >= 11 is 0. The summed E-state index contributed by atoms with van der Waals surface area (Å²) in [5, 5.41) is 19.1. The van der Waals surface area contributed by atoms with Crippen LogP contribution in [0.2, 0.25) is 0 Å². The number of nitrogens with zero attached hydrogens (tertiary/aromatic N) is 1. The van der Waals surface area contributed by atoms with Gasteiger partial charge in [0.05, 0.1) is 16.7 Å². The maximum absolute atomic E-state index is 12.4. The molecule has 0 bridgehead atoms. The second kappa shape index (κ2) is 5.26.